The van der Waals surface area contributed by atoms with Gasteiger partial charge >= 0.3 is 0 Å². The fourth-order valence-corrected chi connectivity index (χ4v) is 3.85. The van der Waals surface area contributed by atoms with Crippen molar-refractivity contribution in [2.24, 2.45) is 5.16 Å². The summed E-state index contributed by atoms with van der Waals surface area (Å²) in [5.74, 6) is 2.53. The summed E-state index contributed by atoms with van der Waals surface area (Å²) in [6, 6.07) is 9.07. The van der Waals surface area contributed by atoms with E-state index in [1.807, 2.05) is 32.0 Å². The van der Waals surface area contributed by atoms with E-state index in [2.05, 4.69) is 5.16 Å². The Hall–Kier alpha value is -3.39. The third kappa shape index (κ3) is 4.31. The molecule has 0 heterocycles. The molecule has 1 atom stereocenters. The molecule has 0 saturated heterocycles. The first-order valence-corrected chi connectivity index (χ1v) is 10.2. The second-order valence-electron chi connectivity index (χ2n) is 7.50. The van der Waals surface area contributed by atoms with E-state index < -0.39 is 6.10 Å². The molecular formula is C24H29NO7. The number of hydrogen-bond donors (Lipinski definition) is 2. The number of aliphatic hydroxyl groups excluding tert-OH is 1. The molecule has 2 aromatic rings. The van der Waals surface area contributed by atoms with Gasteiger partial charge in [-0.15, -0.1) is 0 Å². The largest absolute Gasteiger partial charge is 0.493 e. The molecule has 0 spiro atoms. The Bertz CT molecular complexity index is 1020. The molecule has 8 heteroatoms. The Kier molecular flexibility index (Phi) is 7.15. The summed E-state index contributed by atoms with van der Waals surface area (Å²) < 4.78 is 27.7. The zero-order valence-electron chi connectivity index (χ0n) is 19.1. The van der Waals surface area contributed by atoms with E-state index in [9.17, 15) is 10.3 Å². The van der Waals surface area contributed by atoms with Crippen molar-refractivity contribution in [2.75, 3.05) is 28.4 Å². The number of methoxy groups -OCH3 is 4. The smallest absolute Gasteiger partial charge is 0.203 e. The summed E-state index contributed by atoms with van der Waals surface area (Å²) in [4.78, 5) is 0. The van der Waals surface area contributed by atoms with E-state index in [0.29, 0.717) is 39.9 Å². The minimum Gasteiger partial charge on any atom is -0.493 e. The average molecular weight is 443 g/mol. The highest BCUT2D eigenvalue weighted by atomic mass is 16.5. The maximum Gasteiger partial charge on any atom is 0.203 e. The van der Waals surface area contributed by atoms with E-state index in [-0.39, 0.29) is 18.2 Å². The van der Waals surface area contributed by atoms with Crippen molar-refractivity contribution < 1.29 is 34.0 Å². The number of ether oxygens (including phenoxy) is 5. The third-order valence-electron chi connectivity index (χ3n) is 5.21. The van der Waals surface area contributed by atoms with Crippen molar-refractivity contribution in [3.63, 3.8) is 0 Å². The summed E-state index contributed by atoms with van der Waals surface area (Å²) in [5, 5.41) is 23.8. The van der Waals surface area contributed by atoms with Crippen LogP contribution >= 0.6 is 0 Å². The van der Waals surface area contributed by atoms with Gasteiger partial charge in [0.1, 0.15) is 11.8 Å². The van der Waals surface area contributed by atoms with Crippen LogP contribution in [-0.2, 0) is 0 Å². The number of hydrogen-bond acceptors (Lipinski definition) is 8. The molecule has 1 aliphatic rings. The van der Waals surface area contributed by atoms with Crippen molar-refractivity contribution in [3.05, 3.63) is 41.5 Å². The molecule has 0 radical (unpaired) electrons. The Morgan fingerprint density at radius 1 is 0.844 bits per heavy atom. The summed E-state index contributed by atoms with van der Waals surface area (Å²) in [5.41, 5.74) is 3.00. The second-order valence-corrected chi connectivity index (χ2v) is 7.50. The van der Waals surface area contributed by atoms with Gasteiger partial charge in [0, 0.05) is 12.0 Å². The van der Waals surface area contributed by atoms with Crippen LogP contribution in [-0.4, -0.2) is 56.7 Å². The first-order chi connectivity index (χ1) is 15.4. The highest BCUT2D eigenvalue weighted by Crippen LogP contribution is 2.45. The Morgan fingerprint density at radius 3 is 1.94 bits per heavy atom. The molecule has 1 aliphatic carbocycles. The van der Waals surface area contributed by atoms with Crippen LogP contribution in [0.5, 0.6) is 28.7 Å². The Balaban J connectivity index is 2.26. The monoisotopic (exact) mass is 443 g/mol. The lowest BCUT2D eigenvalue weighted by molar-refractivity contribution is 0.230. The van der Waals surface area contributed by atoms with Crippen LogP contribution in [0.1, 0.15) is 31.4 Å². The second kappa shape index (κ2) is 9.82. The minimum atomic E-state index is -0.972. The molecule has 3 rings (SSSR count). The van der Waals surface area contributed by atoms with Gasteiger partial charge in [-0.05, 0) is 54.8 Å². The van der Waals surface area contributed by atoms with Crippen molar-refractivity contribution in [3.8, 4) is 28.7 Å². The van der Waals surface area contributed by atoms with Gasteiger partial charge in [-0.1, -0.05) is 11.2 Å². The van der Waals surface area contributed by atoms with Gasteiger partial charge in [0.15, 0.2) is 23.0 Å². The van der Waals surface area contributed by atoms with E-state index >= 15 is 0 Å². The van der Waals surface area contributed by atoms with Gasteiger partial charge in [0.05, 0.1) is 34.5 Å². The van der Waals surface area contributed by atoms with Gasteiger partial charge in [0.25, 0.3) is 0 Å². The summed E-state index contributed by atoms with van der Waals surface area (Å²) in [7, 11) is 6.16. The lowest BCUT2D eigenvalue weighted by Gasteiger charge is -2.17. The third-order valence-corrected chi connectivity index (χ3v) is 5.21. The lowest BCUT2D eigenvalue weighted by Crippen LogP contribution is -2.15. The fourth-order valence-electron chi connectivity index (χ4n) is 3.85. The standard InChI is InChI=1S/C24H29NO7/c1-13(2)32-19-9-14(7-8-18(19)28-3)16-12-17(26)23(25-27)22(16)15-10-20(29-4)24(31-6)21(11-15)30-5/h7-11,13,17,26-27H,12H2,1-6H3/b25-23+. The normalized spacial score (nSPS) is 17.1. The number of rotatable bonds is 8. The van der Waals surface area contributed by atoms with Crippen LogP contribution in [0.15, 0.2) is 35.5 Å². The van der Waals surface area contributed by atoms with Crippen LogP contribution in [0.25, 0.3) is 11.1 Å². The van der Waals surface area contributed by atoms with Gasteiger partial charge in [0.2, 0.25) is 5.75 Å². The maximum absolute atomic E-state index is 10.6. The molecule has 2 aromatic carbocycles. The van der Waals surface area contributed by atoms with Gasteiger partial charge in [-0.3, -0.25) is 0 Å². The van der Waals surface area contributed by atoms with Crippen LogP contribution in [0, 0.1) is 0 Å². The summed E-state index contributed by atoms with van der Waals surface area (Å²) >= 11 is 0. The van der Waals surface area contributed by atoms with Crippen LogP contribution < -0.4 is 23.7 Å². The van der Waals surface area contributed by atoms with Crippen LogP contribution in [0.2, 0.25) is 0 Å². The summed E-state index contributed by atoms with van der Waals surface area (Å²) in [6.45, 7) is 3.87. The average Bonchev–Trinajstić information content (AvgIpc) is 3.13. The van der Waals surface area contributed by atoms with Crippen molar-refractivity contribution in [1.29, 1.82) is 0 Å². The zero-order valence-corrected chi connectivity index (χ0v) is 19.1. The van der Waals surface area contributed by atoms with Crippen molar-refractivity contribution in [2.45, 2.75) is 32.5 Å². The molecule has 0 fully saturated rings. The van der Waals surface area contributed by atoms with Gasteiger partial charge in [-0.25, -0.2) is 0 Å². The maximum atomic E-state index is 10.6. The Morgan fingerprint density at radius 2 is 1.44 bits per heavy atom. The molecule has 0 aliphatic heterocycles. The molecule has 8 nitrogen and oxygen atoms in total. The first kappa shape index (κ1) is 23.3. The molecule has 0 amide bonds. The lowest BCUT2D eigenvalue weighted by atomic mass is 9.95. The molecule has 32 heavy (non-hydrogen) atoms. The number of oxime groups is 1. The van der Waals surface area contributed by atoms with Crippen LogP contribution in [0.4, 0.5) is 0 Å². The molecular weight excluding hydrogens is 414 g/mol. The quantitative estimate of drug-likeness (QED) is 0.470. The van der Waals surface area contributed by atoms with Gasteiger partial charge < -0.3 is 34.0 Å². The fraction of sp³-hybridized carbons (Fsp3) is 0.375. The molecule has 2 N–H and O–H groups in total. The van der Waals surface area contributed by atoms with E-state index in [0.717, 1.165) is 11.1 Å². The number of benzene rings is 2. The molecule has 0 bridgehead atoms. The SMILES string of the molecule is COc1ccc(C2=C(c3cc(OC)c(OC)c(OC)c3)/C(=N/O)C(O)C2)cc1OC(C)C. The number of nitrogens with zero attached hydrogens (tertiary/aromatic N) is 1. The molecule has 0 saturated carbocycles. The van der Waals surface area contributed by atoms with Crippen molar-refractivity contribution in [1.82, 2.24) is 0 Å². The van der Waals surface area contributed by atoms with Crippen LogP contribution in [0.3, 0.4) is 0 Å². The Labute approximate surface area is 187 Å². The highest BCUT2D eigenvalue weighted by molar-refractivity contribution is 6.35. The van der Waals surface area contributed by atoms with E-state index in [1.54, 1.807) is 19.2 Å². The first-order valence-electron chi connectivity index (χ1n) is 10.2. The van der Waals surface area contributed by atoms with Gasteiger partial charge in [-0.2, -0.15) is 0 Å². The van der Waals surface area contributed by atoms with E-state index in [1.165, 1.54) is 21.3 Å². The van der Waals surface area contributed by atoms with Crippen molar-refractivity contribution >= 4 is 16.9 Å². The van der Waals surface area contributed by atoms with E-state index in [4.69, 9.17) is 23.7 Å². The number of aliphatic hydroxyl groups is 1. The zero-order chi connectivity index (χ0) is 23.4. The predicted octanol–water partition coefficient (Wildman–Crippen LogP) is 4.01. The predicted molar refractivity (Wildman–Crippen MR) is 122 cm³/mol. The summed E-state index contributed by atoms with van der Waals surface area (Å²) in [6.07, 6.45) is -0.758. The molecule has 0 aromatic heterocycles. The minimum absolute atomic E-state index is 0.0496. The molecule has 1 unspecified atom stereocenters. The molecule has 172 valence electrons. The topological polar surface area (TPSA) is 99.0 Å². The highest BCUT2D eigenvalue weighted by Gasteiger charge is 2.33.